The van der Waals surface area contributed by atoms with Gasteiger partial charge in [0.15, 0.2) is 0 Å². The van der Waals surface area contributed by atoms with Crippen LogP contribution in [-0.2, 0) is 6.42 Å². The summed E-state index contributed by atoms with van der Waals surface area (Å²) in [7, 11) is 0. The second-order valence-corrected chi connectivity index (χ2v) is 5.58. The molecule has 1 aliphatic carbocycles. The van der Waals surface area contributed by atoms with E-state index in [9.17, 15) is 5.11 Å². The molecule has 1 heterocycles. The molecule has 2 N–H and O–H groups in total. The average molecular weight is 284 g/mol. The van der Waals surface area contributed by atoms with Crippen LogP contribution in [0.25, 0.3) is 0 Å². The zero-order chi connectivity index (χ0) is 13.7. The van der Waals surface area contributed by atoms with Gasteiger partial charge in [0.05, 0.1) is 0 Å². The Kier molecular flexibility index (Phi) is 5.40. The molecule has 1 aliphatic rings. The first-order valence-corrected chi connectivity index (χ1v) is 7.50. The first-order valence-electron chi connectivity index (χ1n) is 7.13. The van der Waals surface area contributed by atoms with Crippen LogP contribution in [-0.4, -0.2) is 27.7 Å². The summed E-state index contributed by atoms with van der Waals surface area (Å²) in [6, 6.07) is 0.292. The molecule has 5 heteroatoms. The molecule has 2 unspecified atom stereocenters. The van der Waals surface area contributed by atoms with Gasteiger partial charge in [-0.2, -0.15) is 0 Å². The lowest BCUT2D eigenvalue weighted by Gasteiger charge is -2.31. The van der Waals surface area contributed by atoms with E-state index in [1.165, 1.54) is 19.2 Å². The minimum atomic E-state index is 0.236. The number of anilines is 1. The Morgan fingerprint density at radius 2 is 2.16 bits per heavy atom. The third-order valence-corrected chi connectivity index (χ3v) is 4.18. The molecule has 2 atom stereocenters. The Morgan fingerprint density at radius 3 is 2.89 bits per heavy atom. The van der Waals surface area contributed by atoms with Gasteiger partial charge in [0, 0.05) is 24.1 Å². The lowest BCUT2D eigenvalue weighted by molar-refractivity contribution is 0.178. The second kappa shape index (κ2) is 7.06. The van der Waals surface area contributed by atoms with Crippen LogP contribution in [0.15, 0.2) is 6.33 Å². The normalized spacial score (nSPS) is 23.3. The van der Waals surface area contributed by atoms with Gasteiger partial charge >= 0.3 is 0 Å². The highest BCUT2D eigenvalue weighted by Crippen LogP contribution is 2.29. The van der Waals surface area contributed by atoms with Crippen molar-refractivity contribution in [1.82, 2.24) is 9.97 Å². The number of nitrogens with one attached hydrogen (secondary N) is 1. The summed E-state index contributed by atoms with van der Waals surface area (Å²) in [6.07, 6.45) is 7.95. The van der Waals surface area contributed by atoms with Gasteiger partial charge in [0.1, 0.15) is 17.3 Å². The average Bonchev–Trinajstić information content (AvgIpc) is 2.43. The number of rotatable bonds is 5. The third kappa shape index (κ3) is 3.57. The molecule has 0 amide bonds. The summed E-state index contributed by atoms with van der Waals surface area (Å²) in [5.74, 6) is 1.16. The molecule has 0 bridgehead atoms. The van der Waals surface area contributed by atoms with E-state index in [1.807, 2.05) is 0 Å². The fourth-order valence-electron chi connectivity index (χ4n) is 2.78. The largest absolute Gasteiger partial charge is 0.396 e. The van der Waals surface area contributed by atoms with Gasteiger partial charge < -0.3 is 10.4 Å². The molecule has 0 saturated heterocycles. The predicted molar refractivity (Wildman–Crippen MR) is 77.5 cm³/mol. The maximum Gasteiger partial charge on any atom is 0.137 e. The second-order valence-electron chi connectivity index (χ2n) is 5.22. The van der Waals surface area contributed by atoms with Crippen LogP contribution in [0.2, 0.25) is 5.15 Å². The minimum absolute atomic E-state index is 0.236. The number of hydrogen-bond donors (Lipinski definition) is 2. The Morgan fingerprint density at radius 1 is 1.37 bits per heavy atom. The Hall–Kier alpha value is -0.870. The van der Waals surface area contributed by atoms with E-state index in [0.717, 1.165) is 37.1 Å². The zero-order valence-corrected chi connectivity index (χ0v) is 12.2. The molecular weight excluding hydrogens is 262 g/mol. The molecule has 2 rings (SSSR count). The van der Waals surface area contributed by atoms with Gasteiger partial charge in [-0.05, 0) is 19.3 Å². The summed E-state index contributed by atoms with van der Waals surface area (Å²) in [5.41, 5.74) is 0.994. The third-order valence-electron chi connectivity index (χ3n) is 3.86. The molecule has 4 nitrogen and oxygen atoms in total. The molecule has 1 aromatic rings. The number of aromatic nitrogens is 2. The molecule has 1 fully saturated rings. The highest BCUT2D eigenvalue weighted by molar-refractivity contribution is 6.30. The number of aliphatic hydroxyl groups excluding tert-OH is 1. The standard InChI is InChI=1S/C14H22ClN3O/c1-2-5-11-13(15)16-9-17-14(11)18-12-7-4-3-6-10(12)8-19/h9-10,12,19H,2-8H2,1H3,(H,16,17,18). The van der Waals surface area contributed by atoms with Gasteiger partial charge in [0.2, 0.25) is 0 Å². The van der Waals surface area contributed by atoms with Crippen LogP contribution >= 0.6 is 11.6 Å². The number of nitrogens with zero attached hydrogens (tertiary/aromatic N) is 2. The van der Waals surface area contributed by atoms with E-state index < -0.39 is 0 Å². The first kappa shape index (κ1) is 14.5. The highest BCUT2D eigenvalue weighted by atomic mass is 35.5. The van der Waals surface area contributed by atoms with Crippen LogP contribution in [0, 0.1) is 5.92 Å². The summed E-state index contributed by atoms with van der Waals surface area (Å²) in [5, 5.41) is 13.5. The monoisotopic (exact) mass is 283 g/mol. The quantitative estimate of drug-likeness (QED) is 0.816. The molecule has 0 aromatic carbocycles. The molecule has 1 aromatic heterocycles. The van der Waals surface area contributed by atoms with Crippen LogP contribution < -0.4 is 5.32 Å². The molecule has 1 saturated carbocycles. The maximum absolute atomic E-state index is 9.47. The van der Waals surface area contributed by atoms with Crippen molar-refractivity contribution in [3.63, 3.8) is 0 Å². The van der Waals surface area contributed by atoms with Crippen molar-refractivity contribution in [2.45, 2.75) is 51.5 Å². The van der Waals surface area contributed by atoms with Gasteiger partial charge in [-0.15, -0.1) is 0 Å². The van der Waals surface area contributed by atoms with Gasteiger partial charge in [-0.3, -0.25) is 0 Å². The summed E-state index contributed by atoms with van der Waals surface area (Å²) >= 11 is 6.16. The number of hydrogen-bond acceptors (Lipinski definition) is 4. The van der Waals surface area contributed by atoms with Crippen LogP contribution in [0.1, 0.15) is 44.6 Å². The van der Waals surface area contributed by atoms with Crippen LogP contribution in [0.4, 0.5) is 5.82 Å². The zero-order valence-electron chi connectivity index (χ0n) is 11.4. The van der Waals surface area contributed by atoms with Gasteiger partial charge in [0.25, 0.3) is 0 Å². The molecule has 19 heavy (non-hydrogen) atoms. The Bertz CT molecular complexity index is 414. The maximum atomic E-state index is 9.47. The lowest BCUT2D eigenvalue weighted by Crippen LogP contribution is -2.35. The van der Waals surface area contributed by atoms with Gasteiger partial charge in [-0.1, -0.05) is 37.8 Å². The van der Waals surface area contributed by atoms with Crippen molar-refractivity contribution in [2.75, 3.05) is 11.9 Å². The van der Waals surface area contributed by atoms with Gasteiger partial charge in [-0.25, -0.2) is 9.97 Å². The SMILES string of the molecule is CCCc1c(Cl)ncnc1NC1CCCCC1CO. The van der Waals surface area contributed by atoms with E-state index in [1.54, 1.807) is 0 Å². The van der Waals surface area contributed by atoms with Crippen molar-refractivity contribution >= 4 is 17.4 Å². The topological polar surface area (TPSA) is 58.0 Å². The minimum Gasteiger partial charge on any atom is -0.396 e. The van der Waals surface area contributed by atoms with E-state index in [2.05, 4.69) is 22.2 Å². The smallest absolute Gasteiger partial charge is 0.137 e. The van der Waals surface area contributed by atoms with Crippen molar-refractivity contribution in [2.24, 2.45) is 5.92 Å². The number of aliphatic hydroxyl groups is 1. The highest BCUT2D eigenvalue weighted by Gasteiger charge is 2.25. The summed E-state index contributed by atoms with van der Waals surface area (Å²) in [6.45, 7) is 2.35. The lowest BCUT2D eigenvalue weighted by atomic mass is 9.85. The molecule has 0 spiro atoms. The van der Waals surface area contributed by atoms with E-state index in [-0.39, 0.29) is 6.61 Å². The Labute approximate surface area is 119 Å². The van der Waals surface area contributed by atoms with Crippen molar-refractivity contribution in [3.8, 4) is 0 Å². The van der Waals surface area contributed by atoms with Crippen molar-refractivity contribution in [3.05, 3.63) is 17.0 Å². The fourth-order valence-corrected chi connectivity index (χ4v) is 3.01. The molecule has 0 aliphatic heterocycles. The molecule has 106 valence electrons. The van der Waals surface area contributed by atoms with E-state index in [4.69, 9.17) is 11.6 Å². The van der Waals surface area contributed by atoms with Crippen molar-refractivity contribution < 1.29 is 5.11 Å². The van der Waals surface area contributed by atoms with E-state index in [0.29, 0.717) is 17.1 Å². The predicted octanol–water partition coefficient (Wildman–Crippen LogP) is 3.05. The first-order chi connectivity index (χ1) is 9.26. The van der Waals surface area contributed by atoms with E-state index >= 15 is 0 Å². The summed E-state index contributed by atoms with van der Waals surface area (Å²) < 4.78 is 0. The molecular formula is C14H22ClN3O. The Balaban J connectivity index is 2.15. The van der Waals surface area contributed by atoms with Crippen molar-refractivity contribution in [1.29, 1.82) is 0 Å². The van der Waals surface area contributed by atoms with Crippen LogP contribution in [0.3, 0.4) is 0 Å². The molecule has 0 radical (unpaired) electrons. The fraction of sp³-hybridized carbons (Fsp3) is 0.714. The van der Waals surface area contributed by atoms with Crippen LogP contribution in [0.5, 0.6) is 0 Å². The number of halogens is 1. The summed E-state index contributed by atoms with van der Waals surface area (Å²) in [4.78, 5) is 8.39.